The van der Waals surface area contributed by atoms with E-state index in [4.69, 9.17) is 4.74 Å². The molecule has 2 atom stereocenters. The lowest BCUT2D eigenvalue weighted by atomic mass is 9.89. The molecule has 2 unspecified atom stereocenters. The summed E-state index contributed by atoms with van der Waals surface area (Å²) in [6.07, 6.45) is 0. The van der Waals surface area contributed by atoms with Gasteiger partial charge in [-0.15, -0.1) is 0 Å². The van der Waals surface area contributed by atoms with Crippen LogP contribution in [-0.4, -0.2) is 7.11 Å². The highest BCUT2D eigenvalue weighted by Crippen LogP contribution is 2.37. The molecule has 0 aliphatic rings. The highest BCUT2D eigenvalue weighted by atomic mass is 79.9. The van der Waals surface area contributed by atoms with Crippen molar-refractivity contribution < 1.29 is 4.74 Å². The molecule has 1 rings (SSSR count). The monoisotopic (exact) mass is 284 g/mol. The van der Waals surface area contributed by atoms with Gasteiger partial charge >= 0.3 is 0 Å². The number of hydrogen-bond donors (Lipinski definition) is 0. The van der Waals surface area contributed by atoms with Crippen LogP contribution in [0.15, 0.2) is 18.2 Å². The molecule has 0 saturated carbocycles. The summed E-state index contributed by atoms with van der Waals surface area (Å²) in [5.41, 5.74) is 2.65. The zero-order chi connectivity index (χ0) is 12.3. The topological polar surface area (TPSA) is 9.23 Å². The summed E-state index contributed by atoms with van der Waals surface area (Å²) >= 11 is 3.81. The summed E-state index contributed by atoms with van der Waals surface area (Å²) in [6, 6.07) is 6.28. The van der Waals surface area contributed by atoms with E-state index in [1.807, 2.05) is 6.07 Å². The Hall–Kier alpha value is -0.500. The minimum atomic E-state index is 0.415. The molecule has 0 amide bonds. The molecular formula is C14H21BrO. The van der Waals surface area contributed by atoms with Crippen molar-refractivity contribution in [2.75, 3.05) is 7.11 Å². The molecule has 0 aliphatic heterocycles. The predicted molar refractivity (Wildman–Crippen MR) is 73.4 cm³/mol. The van der Waals surface area contributed by atoms with Crippen LogP contribution in [0.5, 0.6) is 5.75 Å². The van der Waals surface area contributed by atoms with Crippen LogP contribution in [0.1, 0.15) is 36.7 Å². The lowest BCUT2D eigenvalue weighted by Gasteiger charge is -2.23. The first kappa shape index (κ1) is 13.6. The van der Waals surface area contributed by atoms with Crippen molar-refractivity contribution in [3.05, 3.63) is 29.3 Å². The van der Waals surface area contributed by atoms with E-state index in [0.29, 0.717) is 16.7 Å². The summed E-state index contributed by atoms with van der Waals surface area (Å²) in [5, 5.41) is 0. The molecular weight excluding hydrogens is 264 g/mol. The molecule has 1 aromatic rings. The molecule has 0 spiro atoms. The number of aryl methyl sites for hydroxylation is 1. The van der Waals surface area contributed by atoms with Gasteiger partial charge in [-0.05, 0) is 42.0 Å². The second-order valence-electron chi connectivity index (χ2n) is 4.73. The highest BCUT2D eigenvalue weighted by Gasteiger charge is 2.20. The maximum Gasteiger partial charge on any atom is 0.119 e. The van der Waals surface area contributed by atoms with E-state index in [9.17, 15) is 0 Å². The SMILES string of the molecule is COc1ccc(C(Br)C(C)C(C)C)c(C)c1. The smallest absolute Gasteiger partial charge is 0.119 e. The van der Waals surface area contributed by atoms with E-state index in [0.717, 1.165) is 5.75 Å². The zero-order valence-electron chi connectivity index (χ0n) is 10.8. The van der Waals surface area contributed by atoms with Gasteiger partial charge in [0.1, 0.15) is 5.75 Å². The summed E-state index contributed by atoms with van der Waals surface area (Å²) < 4.78 is 5.22. The molecule has 1 aromatic carbocycles. The molecule has 0 saturated heterocycles. The van der Waals surface area contributed by atoms with Gasteiger partial charge in [0.25, 0.3) is 0 Å². The van der Waals surface area contributed by atoms with Gasteiger partial charge in [0.05, 0.1) is 7.11 Å². The van der Waals surface area contributed by atoms with Gasteiger partial charge < -0.3 is 4.74 Å². The molecule has 16 heavy (non-hydrogen) atoms. The second-order valence-corrected chi connectivity index (χ2v) is 5.71. The van der Waals surface area contributed by atoms with Crippen molar-refractivity contribution in [3.8, 4) is 5.75 Å². The Labute approximate surface area is 107 Å². The van der Waals surface area contributed by atoms with Crippen LogP contribution >= 0.6 is 15.9 Å². The first-order valence-corrected chi connectivity index (χ1v) is 6.67. The van der Waals surface area contributed by atoms with Crippen LogP contribution in [0, 0.1) is 18.8 Å². The van der Waals surface area contributed by atoms with Crippen molar-refractivity contribution in [1.82, 2.24) is 0 Å². The molecule has 0 aliphatic carbocycles. The number of rotatable bonds is 4. The fraction of sp³-hybridized carbons (Fsp3) is 0.571. The van der Waals surface area contributed by atoms with E-state index in [2.05, 4.69) is 55.8 Å². The Balaban J connectivity index is 2.96. The van der Waals surface area contributed by atoms with Crippen LogP contribution in [0.2, 0.25) is 0 Å². The molecule has 2 heteroatoms. The summed E-state index contributed by atoms with van der Waals surface area (Å²) in [5.74, 6) is 2.22. The number of benzene rings is 1. The Morgan fingerprint density at radius 3 is 2.25 bits per heavy atom. The Bertz CT molecular complexity index is 347. The Kier molecular flexibility index (Phi) is 4.85. The average molecular weight is 285 g/mol. The second kappa shape index (κ2) is 5.72. The highest BCUT2D eigenvalue weighted by molar-refractivity contribution is 9.09. The molecule has 0 N–H and O–H groups in total. The number of ether oxygens (including phenoxy) is 1. The Morgan fingerprint density at radius 1 is 1.19 bits per heavy atom. The number of halogens is 1. The van der Waals surface area contributed by atoms with Gasteiger partial charge in [-0.25, -0.2) is 0 Å². The molecule has 90 valence electrons. The van der Waals surface area contributed by atoms with Crippen molar-refractivity contribution in [1.29, 1.82) is 0 Å². The third-order valence-electron chi connectivity index (χ3n) is 3.29. The van der Waals surface area contributed by atoms with Gasteiger partial charge in [-0.2, -0.15) is 0 Å². The lowest BCUT2D eigenvalue weighted by Crippen LogP contribution is -2.11. The first-order chi connectivity index (χ1) is 7.47. The zero-order valence-corrected chi connectivity index (χ0v) is 12.3. The maximum atomic E-state index is 5.22. The van der Waals surface area contributed by atoms with Crippen molar-refractivity contribution in [2.24, 2.45) is 11.8 Å². The van der Waals surface area contributed by atoms with E-state index >= 15 is 0 Å². The predicted octanol–water partition coefficient (Wildman–Crippen LogP) is 4.73. The largest absolute Gasteiger partial charge is 0.497 e. The van der Waals surface area contributed by atoms with Crippen LogP contribution in [0.3, 0.4) is 0 Å². The normalized spacial score (nSPS) is 14.9. The molecule has 0 bridgehead atoms. The van der Waals surface area contributed by atoms with E-state index in [1.54, 1.807) is 7.11 Å². The fourth-order valence-corrected chi connectivity index (χ4v) is 2.83. The van der Waals surface area contributed by atoms with Crippen molar-refractivity contribution in [3.63, 3.8) is 0 Å². The molecule has 0 aromatic heterocycles. The number of alkyl halides is 1. The van der Waals surface area contributed by atoms with Crippen molar-refractivity contribution >= 4 is 15.9 Å². The van der Waals surface area contributed by atoms with E-state index < -0.39 is 0 Å². The Morgan fingerprint density at radius 2 is 1.81 bits per heavy atom. The molecule has 1 nitrogen and oxygen atoms in total. The standard InChI is InChI=1S/C14H21BrO/c1-9(2)11(4)14(15)13-7-6-12(16-5)8-10(13)3/h6-9,11,14H,1-5H3. The minimum absolute atomic E-state index is 0.415. The number of methoxy groups -OCH3 is 1. The van der Waals surface area contributed by atoms with Crippen molar-refractivity contribution in [2.45, 2.75) is 32.5 Å². The minimum Gasteiger partial charge on any atom is -0.497 e. The molecule has 0 fully saturated rings. The summed E-state index contributed by atoms with van der Waals surface area (Å²) in [7, 11) is 1.71. The quantitative estimate of drug-likeness (QED) is 0.726. The van der Waals surface area contributed by atoms with Gasteiger partial charge in [0.2, 0.25) is 0 Å². The van der Waals surface area contributed by atoms with Crippen LogP contribution in [0.4, 0.5) is 0 Å². The summed E-state index contributed by atoms with van der Waals surface area (Å²) in [4.78, 5) is 0.415. The van der Waals surface area contributed by atoms with Gasteiger partial charge in [-0.1, -0.05) is 42.8 Å². The van der Waals surface area contributed by atoms with E-state index in [-0.39, 0.29) is 0 Å². The third-order valence-corrected chi connectivity index (χ3v) is 4.61. The van der Waals surface area contributed by atoms with Gasteiger partial charge in [0, 0.05) is 4.83 Å². The third kappa shape index (κ3) is 3.00. The maximum absolute atomic E-state index is 5.22. The van der Waals surface area contributed by atoms with Gasteiger partial charge in [-0.3, -0.25) is 0 Å². The molecule has 0 radical (unpaired) electrons. The fourth-order valence-electron chi connectivity index (χ4n) is 1.71. The van der Waals surface area contributed by atoms with Crippen LogP contribution in [-0.2, 0) is 0 Å². The average Bonchev–Trinajstić information content (AvgIpc) is 2.26. The molecule has 0 heterocycles. The van der Waals surface area contributed by atoms with Gasteiger partial charge in [0.15, 0.2) is 0 Å². The van der Waals surface area contributed by atoms with E-state index in [1.165, 1.54) is 11.1 Å². The first-order valence-electron chi connectivity index (χ1n) is 5.76. The summed E-state index contributed by atoms with van der Waals surface area (Å²) in [6.45, 7) is 8.95. The lowest BCUT2D eigenvalue weighted by molar-refractivity contribution is 0.408. The van der Waals surface area contributed by atoms with Crippen LogP contribution < -0.4 is 4.74 Å². The number of hydrogen-bond acceptors (Lipinski definition) is 1. The van der Waals surface area contributed by atoms with Crippen LogP contribution in [0.25, 0.3) is 0 Å².